The Morgan fingerprint density at radius 1 is 0.507 bits per heavy atom. The van der Waals surface area contributed by atoms with Gasteiger partial charge in [0.1, 0.15) is 5.82 Å². The van der Waals surface area contributed by atoms with Crippen LogP contribution in [0.1, 0.15) is 88.6 Å². The van der Waals surface area contributed by atoms with Crippen molar-refractivity contribution in [1.82, 2.24) is 24.9 Å². The van der Waals surface area contributed by atoms with Gasteiger partial charge in [-0.25, -0.2) is 24.9 Å². The van der Waals surface area contributed by atoms with Crippen LogP contribution in [0.15, 0.2) is 225 Å². The first-order valence-corrected chi connectivity index (χ1v) is 23.7. The third-order valence-electron chi connectivity index (χ3n) is 14.4. The van der Waals surface area contributed by atoms with E-state index in [1.807, 2.05) is 6.07 Å². The van der Waals surface area contributed by atoms with E-state index in [1.165, 1.54) is 33.4 Å². The number of hydrogen-bond donors (Lipinski definition) is 0. The number of fused-ring (bicyclic) bond motifs is 3. The van der Waals surface area contributed by atoms with Crippen molar-refractivity contribution in [2.75, 3.05) is 0 Å². The fourth-order valence-corrected chi connectivity index (χ4v) is 11.3. The lowest BCUT2D eigenvalue weighted by Crippen LogP contribution is -2.38. The Bertz CT molecular complexity index is 3220. The van der Waals surface area contributed by atoms with Crippen LogP contribution in [0.2, 0.25) is 0 Å². The van der Waals surface area contributed by atoms with Gasteiger partial charge in [-0.1, -0.05) is 212 Å². The standard InChI is InChI=1S/C62H49N5/c1-7-22-42(23-8-1)56-41-57(43-24-9-2-10-25-43)64-60(63-56)47-31-21-30-46(38-47)51-40-55-52(50-36-19-20-37-54(50)62(55,48-32-15-5-16-33-48)49-34-17-6-18-35-49)39-53(51)61-66-58(44-26-11-3-12-27-44)65-59(67-61)45-28-13-4-14-29-45/h1-9,11-24,26-28,30-39,41,45,51-52,55H,10,25,29,40H2. The number of allylic oxidation sites excluding steroid dienone is 10. The third-order valence-corrected chi connectivity index (χ3v) is 14.4. The first kappa shape index (κ1) is 40.6. The largest absolute Gasteiger partial charge is 0.228 e. The molecule has 0 spiro atoms. The highest BCUT2D eigenvalue weighted by atomic mass is 15.0. The minimum absolute atomic E-state index is 0.0435. The van der Waals surface area contributed by atoms with E-state index in [4.69, 9.17) is 24.9 Å². The molecule has 5 nitrogen and oxygen atoms in total. The molecule has 0 bridgehead atoms. The Labute approximate surface area is 392 Å². The molecule has 0 aliphatic heterocycles. The van der Waals surface area contributed by atoms with Gasteiger partial charge in [-0.2, -0.15) is 0 Å². The molecule has 2 heterocycles. The van der Waals surface area contributed by atoms with E-state index in [1.54, 1.807) is 0 Å². The van der Waals surface area contributed by atoms with Gasteiger partial charge in [-0.15, -0.1) is 0 Å². The molecule has 0 amide bonds. The predicted molar refractivity (Wildman–Crippen MR) is 271 cm³/mol. The molecule has 4 unspecified atom stereocenters. The molecular formula is C62H49N5. The normalized spacial score (nSPS) is 20.1. The van der Waals surface area contributed by atoms with Crippen LogP contribution in [0.3, 0.4) is 0 Å². The molecule has 5 heteroatoms. The molecule has 0 saturated heterocycles. The molecule has 4 aliphatic carbocycles. The van der Waals surface area contributed by atoms with Crippen LogP contribution < -0.4 is 0 Å². The molecule has 12 rings (SSSR count). The van der Waals surface area contributed by atoms with Crippen LogP contribution in [0.4, 0.5) is 0 Å². The Hall–Kier alpha value is -7.89. The summed E-state index contributed by atoms with van der Waals surface area (Å²) in [5.41, 5.74) is 13.4. The van der Waals surface area contributed by atoms with Crippen molar-refractivity contribution in [2.24, 2.45) is 5.92 Å². The molecule has 8 aromatic rings. The Morgan fingerprint density at radius 2 is 1.16 bits per heavy atom. The zero-order valence-corrected chi connectivity index (χ0v) is 37.2. The van der Waals surface area contributed by atoms with E-state index in [9.17, 15) is 0 Å². The van der Waals surface area contributed by atoms with Gasteiger partial charge in [0.05, 0.1) is 11.4 Å². The maximum atomic E-state index is 5.48. The lowest BCUT2D eigenvalue weighted by molar-refractivity contribution is 0.333. The average molecular weight is 864 g/mol. The van der Waals surface area contributed by atoms with E-state index in [0.717, 1.165) is 76.8 Å². The van der Waals surface area contributed by atoms with Crippen LogP contribution in [0.25, 0.3) is 45.2 Å². The molecular weight excluding hydrogens is 815 g/mol. The molecule has 322 valence electrons. The van der Waals surface area contributed by atoms with Crippen LogP contribution in [0.5, 0.6) is 0 Å². The smallest absolute Gasteiger partial charge is 0.163 e. The minimum Gasteiger partial charge on any atom is -0.228 e. The molecule has 4 aliphatic rings. The summed E-state index contributed by atoms with van der Waals surface area (Å²) in [5, 5.41) is 0. The molecule has 0 fully saturated rings. The van der Waals surface area contributed by atoms with Gasteiger partial charge in [0, 0.05) is 45.4 Å². The number of rotatable bonds is 9. The topological polar surface area (TPSA) is 64.5 Å². The van der Waals surface area contributed by atoms with Crippen molar-refractivity contribution in [1.29, 1.82) is 0 Å². The van der Waals surface area contributed by atoms with Crippen molar-refractivity contribution in [2.45, 2.75) is 48.9 Å². The molecule has 0 N–H and O–H groups in total. The van der Waals surface area contributed by atoms with Crippen molar-refractivity contribution in [3.8, 4) is 34.0 Å². The van der Waals surface area contributed by atoms with E-state index in [-0.39, 0.29) is 23.7 Å². The van der Waals surface area contributed by atoms with E-state index in [2.05, 4.69) is 218 Å². The third kappa shape index (κ3) is 7.41. The van der Waals surface area contributed by atoms with Crippen LogP contribution >= 0.6 is 0 Å². The molecule has 2 aromatic heterocycles. The summed E-state index contributed by atoms with van der Waals surface area (Å²) in [5.74, 6) is 3.17. The number of hydrogen-bond acceptors (Lipinski definition) is 5. The second-order valence-electron chi connectivity index (χ2n) is 18.1. The predicted octanol–water partition coefficient (Wildman–Crippen LogP) is 14.3. The molecule has 6 aromatic carbocycles. The maximum absolute atomic E-state index is 5.48. The first-order chi connectivity index (χ1) is 33.2. The summed E-state index contributed by atoms with van der Waals surface area (Å²) >= 11 is 0. The summed E-state index contributed by atoms with van der Waals surface area (Å²) in [6.45, 7) is 0. The van der Waals surface area contributed by atoms with Crippen molar-refractivity contribution < 1.29 is 0 Å². The summed E-state index contributed by atoms with van der Waals surface area (Å²) < 4.78 is 0. The molecule has 4 atom stereocenters. The quantitative estimate of drug-likeness (QED) is 0.145. The number of nitrogens with zero attached hydrogens (tertiary/aromatic N) is 5. The van der Waals surface area contributed by atoms with Crippen molar-refractivity contribution in [3.05, 3.63) is 270 Å². The zero-order valence-electron chi connectivity index (χ0n) is 37.2. The highest BCUT2D eigenvalue weighted by Gasteiger charge is 2.56. The molecule has 0 saturated carbocycles. The number of aromatic nitrogens is 5. The SMILES string of the molecule is C1=CCCC(c2cc(-c3ccccc3)nc(-c3cccc(C4CC5C(C=C4c4nc(-c6ccccc6)nc(C6C=CC=CC6)n4)c4ccccc4C5(c4ccccc4)c4ccccc4)c3)n2)=C1. The second-order valence-corrected chi connectivity index (χ2v) is 18.1. The van der Waals surface area contributed by atoms with Gasteiger partial charge in [-0.05, 0) is 77.1 Å². The summed E-state index contributed by atoms with van der Waals surface area (Å²) in [7, 11) is 0. The lowest BCUT2D eigenvalue weighted by atomic mass is 9.59. The monoisotopic (exact) mass is 863 g/mol. The molecule has 0 radical (unpaired) electrons. The van der Waals surface area contributed by atoms with Gasteiger partial charge in [0.25, 0.3) is 0 Å². The van der Waals surface area contributed by atoms with Crippen molar-refractivity contribution in [3.63, 3.8) is 0 Å². The van der Waals surface area contributed by atoms with Gasteiger partial charge in [0.15, 0.2) is 17.5 Å². The van der Waals surface area contributed by atoms with Gasteiger partial charge in [-0.3, -0.25) is 0 Å². The highest BCUT2D eigenvalue weighted by molar-refractivity contribution is 5.77. The Kier molecular flexibility index (Phi) is 10.6. The van der Waals surface area contributed by atoms with Gasteiger partial charge in [0.2, 0.25) is 0 Å². The van der Waals surface area contributed by atoms with E-state index in [0.29, 0.717) is 5.82 Å². The summed E-state index contributed by atoms with van der Waals surface area (Å²) in [6, 6.07) is 63.6. The molecule has 67 heavy (non-hydrogen) atoms. The number of benzene rings is 6. The van der Waals surface area contributed by atoms with Crippen LogP contribution in [-0.4, -0.2) is 24.9 Å². The second kappa shape index (κ2) is 17.5. The summed E-state index contributed by atoms with van der Waals surface area (Å²) in [4.78, 5) is 26.8. The fraction of sp³-hybridized carbons (Fsp3) is 0.145. The lowest BCUT2D eigenvalue weighted by Gasteiger charge is -2.43. The van der Waals surface area contributed by atoms with Gasteiger partial charge >= 0.3 is 0 Å². The zero-order chi connectivity index (χ0) is 44.6. The van der Waals surface area contributed by atoms with E-state index >= 15 is 0 Å². The van der Waals surface area contributed by atoms with Crippen LogP contribution in [0, 0.1) is 5.92 Å². The fourth-order valence-electron chi connectivity index (χ4n) is 11.3. The Balaban J connectivity index is 1.08. The maximum Gasteiger partial charge on any atom is 0.163 e. The highest BCUT2D eigenvalue weighted by Crippen LogP contribution is 2.64. The minimum atomic E-state index is -0.412. The van der Waals surface area contributed by atoms with E-state index < -0.39 is 5.41 Å². The van der Waals surface area contributed by atoms with Crippen molar-refractivity contribution >= 4 is 11.1 Å². The average Bonchev–Trinajstić information content (AvgIpc) is 3.72. The van der Waals surface area contributed by atoms with Crippen LogP contribution in [-0.2, 0) is 5.41 Å². The summed E-state index contributed by atoms with van der Waals surface area (Å²) in [6.07, 6.45) is 21.4. The first-order valence-electron chi connectivity index (χ1n) is 23.7. The Morgan fingerprint density at radius 3 is 1.88 bits per heavy atom. The van der Waals surface area contributed by atoms with Gasteiger partial charge < -0.3 is 0 Å².